The summed E-state index contributed by atoms with van der Waals surface area (Å²) in [6.45, 7) is 2.98. The molecule has 0 spiro atoms. The zero-order valence-electron chi connectivity index (χ0n) is 15.2. The van der Waals surface area contributed by atoms with Crippen molar-refractivity contribution in [3.63, 3.8) is 0 Å². The average Bonchev–Trinajstić information content (AvgIpc) is 3.25. The molecule has 27 heavy (non-hydrogen) atoms. The van der Waals surface area contributed by atoms with Crippen molar-refractivity contribution in [2.24, 2.45) is 0 Å². The van der Waals surface area contributed by atoms with Crippen molar-refractivity contribution in [3.8, 4) is 10.6 Å². The Balaban J connectivity index is 1.31. The lowest BCUT2D eigenvalue weighted by Crippen LogP contribution is -2.44. The van der Waals surface area contributed by atoms with Gasteiger partial charge in [-0.3, -0.25) is 9.69 Å². The summed E-state index contributed by atoms with van der Waals surface area (Å²) in [4.78, 5) is 20.7. The molecule has 1 saturated heterocycles. The number of hydrogen-bond acceptors (Lipinski definition) is 4. The minimum atomic E-state index is -0.0742. The van der Waals surface area contributed by atoms with E-state index < -0.39 is 0 Å². The number of rotatable bonds is 5. The Morgan fingerprint density at radius 1 is 1.04 bits per heavy atom. The summed E-state index contributed by atoms with van der Waals surface area (Å²) < 4.78 is 0. The number of benzene rings is 1. The number of nitrogens with zero attached hydrogens (tertiary/aromatic N) is 2. The van der Waals surface area contributed by atoms with Crippen LogP contribution in [0.4, 0.5) is 0 Å². The van der Waals surface area contributed by atoms with E-state index in [9.17, 15) is 4.79 Å². The maximum Gasteiger partial charge on any atom is 0.270 e. The highest BCUT2D eigenvalue weighted by Crippen LogP contribution is 2.22. The quantitative estimate of drug-likeness (QED) is 0.725. The van der Waals surface area contributed by atoms with Gasteiger partial charge in [-0.2, -0.15) is 0 Å². The first-order chi connectivity index (χ1) is 13.3. The number of pyridine rings is 1. The van der Waals surface area contributed by atoms with E-state index in [1.807, 2.05) is 35.7 Å². The van der Waals surface area contributed by atoms with Gasteiger partial charge in [0.15, 0.2) is 0 Å². The minimum absolute atomic E-state index is 0.0742. The van der Waals surface area contributed by atoms with Crippen molar-refractivity contribution in [2.45, 2.75) is 25.4 Å². The molecule has 1 aliphatic heterocycles. The molecule has 1 N–H and O–H groups in total. The summed E-state index contributed by atoms with van der Waals surface area (Å²) in [6.07, 6.45) is 1.95. The standard InChI is InChI=1S/C22H23N3OS/c26-22(20-9-4-8-19(24-20)21-10-5-15-27-21)23-18-11-13-25(14-12-18)16-17-6-2-1-3-7-17/h1-10,15,18H,11-14,16H2,(H,23,26). The molecule has 5 heteroatoms. The van der Waals surface area contributed by atoms with Crippen molar-refractivity contribution >= 4 is 17.2 Å². The summed E-state index contributed by atoms with van der Waals surface area (Å²) in [6, 6.07) is 20.4. The summed E-state index contributed by atoms with van der Waals surface area (Å²) in [5, 5.41) is 5.19. The number of amides is 1. The van der Waals surface area contributed by atoms with E-state index in [1.54, 1.807) is 17.4 Å². The maximum atomic E-state index is 12.6. The van der Waals surface area contributed by atoms with Gasteiger partial charge in [0.1, 0.15) is 5.69 Å². The van der Waals surface area contributed by atoms with E-state index in [0.29, 0.717) is 5.69 Å². The largest absolute Gasteiger partial charge is 0.348 e. The van der Waals surface area contributed by atoms with Gasteiger partial charge >= 0.3 is 0 Å². The molecule has 3 aromatic rings. The molecule has 2 aromatic heterocycles. The zero-order chi connectivity index (χ0) is 18.5. The van der Waals surface area contributed by atoms with E-state index in [2.05, 4.69) is 39.5 Å². The molecule has 138 valence electrons. The third-order valence-corrected chi connectivity index (χ3v) is 5.82. The van der Waals surface area contributed by atoms with E-state index in [4.69, 9.17) is 0 Å². The van der Waals surface area contributed by atoms with E-state index in [-0.39, 0.29) is 11.9 Å². The van der Waals surface area contributed by atoms with Crippen LogP contribution in [-0.2, 0) is 6.54 Å². The van der Waals surface area contributed by atoms with Gasteiger partial charge in [0, 0.05) is 25.7 Å². The van der Waals surface area contributed by atoms with Crippen molar-refractivity contribution < 1.29 is 4.79 Å². The van der Waals surface area contributed by atoms with Crippen LogP contribution in [0.5, 0.6) is 0 Å². The number of nitrogens with one attached hydrogen (secondary N) is 1. The van der Waals surface area contributed by atoms with E-state index in [0.717, 1.165) is 43.0 Å². The molecule has 4 nitrogen and oxygen atoms in total. The lowest BCUT2D eigenvalue weighted by Gasteiger charge is -2.32. The Bertz CT molecular complexity index is 872. The summed E-state index contributed by atoms with van der Waals surface area (Å²) in [5.41, 5.74) is 2.69. The van der Waals surface area contributed by atoms with E-state index in [1.165, 1.54) is 5.56 Å². The first-order valence-corrected chi connectivity index (χ1v) is 10.2. The van der Waals surface area contributed by atoms with Crippen LogP contribution in [0.3, 0.4) is 0 Å². The molecule has 4 rings (SSSR count). The molecule has 0 aliphatic carbocycles. The summed E-state index contributed by atoms with van der Waals surface area (Å²) in [5.74, 6) is -0.0742. The Morgan fingerprint density at radius 3 is 2.59 bits per heavy atom. The molecule has 1 aliphatic rings. The third-order valence-electron chi connectivity index (χ3n) is 4.93. The topological polar surface area (TPSA) is 45.2 Å². The number of likely N-dealkylation sites (tertiary alicyclic amines) is 1. The summed E-state index contributed by atoms with van der Waals surface area (Å²) in [7, 11) is 0. The van der Waals surface area contributed by atoms with Gasteiger partial charge in [0.2, 0.25) is 0 Å². The molecular formula is C22H23N3OS. The number of hydrogen-bond donors (Lipinski definition) is 1. The first-order valence-electron chi connectivity index (χ1n) is 9.36. The smallest absolute Gasteiger partial charge is 0.270 e. The fraction of sp³-hybridized carbons (Fsp3) is 0.273. The van der Waals surface area contributed by atoms with Crippen LogP contribution in [-0.4, -0.2) is 34.9 Å². The van der Waals surface area contributed by atoms with Crippen LogP contribution in [0, 0.1) is 0 Å². The van der Waals surface area contributed by atoms with Crippen LogP contribution < -0.4 is 5.32 Å². The number of carbonyl (C=O) groups is 1. The lowest BCUT2D eigenvalue weighted by atomic mass is 10.0. The molecule has 0 bridgehead atoms. The molecule has 0 radical (unpaired) electrons. The molecule has 1 aromatic carbocycles. The molecular weight excluding hydrogens is 354 g/mol. The molecule has 1 fully saturated rings. The van der Waals surface area contributed by atoms with Gasteiger partial charge in [-0.25, -0.2) is 4.98 Å². The SMILES string of the molecule is O=C(NC1CCN(Cc2ccccc2)CC1)c1cccc(-c2cccs2)n1. The fourth-order valence-corrected chi connectivity index (χ4v) is 4.15. The van der Waals surface area contributed by atoms with Crippen molar-refractivity contribution in [3.05, 3.63) is 77.3 Å². The molecule has 3 heterocycles. The highest BCUT2D eigenvalue weighted by atomic mass is 32.1. The lowest BCUT2D eigenvalue weighted by molar-refractivity contribution is 0.0904. The maximum absolute atomic E-state index is 12.6. The number of aromatic nitrogens is 1. The Labute approximate surface area is 163 Å². The van der Waals surface area contributed by atoms with Crippen molar-refractivity contribution in [1.82, 2.24) is 15.2 Å². The van der Waals surface area contributed by atoms with Crippen molar-refractivity contribution in [1.29, 1.82) is 0 Å². The molecule has 0 saturated carbocycles. The first kappa shape index (κ1) is 17.9. The third kappa shape index (κ3) is 4.62. The predicted molar refractivity (Wildman–Crippen MR) is 110 cm³/mol. The van der Waals surface area contributed by atoms with Gasteiger partial charge in [-0.1, -0.05) is 42.5 Å². The second kappa shape index (κ2) is 8.46. The highest BCUT2D eigenvalue weighted by Gasteiger charge is 2.21. The van der Waals surface area contributed by atoms with Gasteiger partial charge in [0.05, 0.1) is 10.6 Å². The monoisotopic (exact) mass is 377 g/mol. The van der Waals surface area contributed by atoms with Gasteiger partial charge in [0.25, 0.3) is 5.91 Å². The highest BCUT2D eigenvalue weighted by molar-refractivity contribution is 7.13. The Hall–Kier alpha value is -2.50. The molecule has 0 atom stereocenters. The summed E-state index contributed by atoms with van der Waals surface area (Å²) >= 11 is 1.63. The van der Waals surface area contributed by atoms with Gasteiger partial charge < -0.3 is 5.32 Å². The molecule has 1 amide bonds. The fourth-order valence-electron chi connectivity index (χ4n) is 3.46. The zero-order valence-corrected chi connectivity index (χ0v) is 16.0. The van der Waals surface area contributed by atoms with Crippen LogP contribution >= 0.6 is 11.3 Å². The van der Waals surface area contributed by atoms with Gasteiger partial charge in [-0.05, 0) is 42.0 Å². The normalized spacial score (nSPS) is 15.6. The van der Waals surface area contributed by atoms with Gasteiger partial charge in [-0.15, -0.1) is 11.3 Å². The average molecular weight is 378 g/mol. The van der Waals surface area contributed by atoms with E-state index >= 15 is 0 Å². The van der Waals surface area contributed by atoms with Crippen LogP contribution in [0.15, 0.2) is 66.0 Å². The number of piperidine rings is 1. The van der Waals surface area contributed by atoms with Crippen LogP contribution in [0.2, 0.25) is 0 Å². The minimum Gasteiger partial charge on any atom is -0.348 e. The number of carbonyl (C=O) groups excluding carboxylic acids is 1. The molecule has 0 unspecified atom stereocenters. The van der Waals surface area contributed by atoms with Crippen LogP contribution in [0.25, 0.3) is 10.6 Å². The van der Waals surface area contributed by atoms with Crippen LogP contribution in [0.1, 0.15) is 28.9 Å². The van der Waals surface area contributed by atoms with Crippen molar-refractivity contribution in [2.75, 3.05) is 13.1 Å². The predicted octanol–water partition coefficient (Wildman–Crippen LogP) is 4.20. The number of thiophene rings is 1. The second-order valence-corrected chi connectivity index (χ2v) is 7.84. The second-order valence-electron chi connectivity index (χ2n) is 6.89. The Kier molecular flexibility index (Phi) is 5.61. The Morgan fingerprint density at radius 2 is 1.85 bits per heavy atom.